The van der Waals surface area contributed by atoms with E-state index in [0.29, 0.717) is 36.2 Å². The van der Waals surface area contributed by atoms with Crippen molar-refractivity contribution in [1.29, 1.82) is 0 Å². The van der Waals surface area contributed by atoms with Gasteiger partial charge in [0.25, 0.3) is 0 Å². The minimum atomic E-state index is 0.325. The number of nitrogens with zero attached hydrogens (tertiary/aromatic N) is 1. The molecule has 2 aliphatic rings. The smallest absolute Gasteiger partial charge is 0.223 e. The van der Waals surface area contributed by atoms with Gasteiger partial charge >= 0.3 is 0 Å². The number of nitrogens with two attached hydrogens (primary N) is 1. The van der Waals surface area contributed by atoms with Crippen LogP contribution in [0.15, 0.2) is 0 Å². The van der Waals surface area contributed by atoms with E-state index < -0.39 is 0 Å². The van der Waals surface area contributed by atoms with Crippen molar-refractivity contribution in [3.05, 3.63) is 0 Å². The van der Waals surface area contributed by atoms with E-state index in [1.807, 2.05) is 0 Å². The van der Waals surface area contributed by atoms with Crippen molar-refractivity contribution in [3.63, 3.8) is 0 Å². The molecule has 0 aromatic rings. The van der Waals surface area contributed by atoms with E-state index in [1.165, 1.54) is 6.42 Å². The third-order valence-electron chi connectivity index (χ3n) is 3.62. The Balaban J connectivity index is 1.97. The molecular weight excluding hydrogens is 188 g/mol. The number of hydrogen-bond acceptors (Lipinski definition) is 2. The zero-order valence-electron chi connectivity index (χ0n) is 9.78. The first kappa shape index (κ1) is 10.9. The minimum Gasteiger partial charge on any atom is -0.339 e. The first-order valence-corrected chi connectivity index (χ1v) is 6.11. The molecule has 1 saturated heterocycles. The summed E-state index contributed by atoms with van der Waals surface area (Å²) in [5, 5.41) is 0. The fourth-order valence-corrected chi connectivity index (χ4v) is 3.05. The number of hydrogen-bond donors (Lipinski definition) is 1. The molecule has 0 radical (unpaired) electrons. The molecular formula is C12H22N2O. The Morgan fingerprint density at radius 2 is 2.13 bits per heavy atom. The van der Waals surface area contributed by atoms with Gasteiger partial charge in [-0.05, 0) is 31.1 Å². The Morgan fingerprint density at radius 1 is 1.40 bits per heavy atom. The molecule has 2 N–H and O–H groups in total. The van der Waals surface area contributed by atoms with Crippen LogP contribution in [0.3, 0.4) is 0 Å². The van der Waals surface area contributed by atoms with Crippen molar-refractivity contribution >= 4 is 5.91 Å². The van der Waals surface area contributed by atoms with E-state index >= 15 is 0 Å². The standard InChI is InChI=1S/C12H22N2O/c1-8(2)3-12(15)14-7-9-4-10(13)6-11(14)5-9/h8-11H,3-7,13H2,1-2H3. The maximum atomic E-state index is 12.0. The maximum Gasteiger partial charge on any atom is 0.223 e. The molecule has 86 valence electrons. The summed E-state index contributed by atoms with van der Waals surface area (Å²) in [7, 11) is 0. The van der Waals surface area contributed by atoms with Gasteiger partial charge in [0.05, 0.1) is 0 Å². The average molecular weight is 210 g/mol. The Labute approximate surface area is 92.0 Å². The molecule has 15 heavy (non-hydrogen) atoms. The third-order valence-corrected chi connectivity index (χ3v) is 3.62. The highest BCUT2D eigenvalue weighted by Crippen LogP contribution is 2.35. The maximum absolute atomic E-state index is 12.0. The first-order valence-electron chi connectivity index (χ1n) is 6.11. The van der Waals surface area contributed by atoms with Crippen molar-refractivity contribution in [3.8, 4) is 0 Å². The number of carbonyl (C=O) groups excluding carboxylic acids is 1. The zero-order valence-corrected chi connectivity index (χ0v) is 9.78. The number of fused-ring (bicyclic) bond motifs is 2. The number of carbonyl (C=O) groups is 1. The van der Waals surface area contributed by atoms with Crippen LogP contribution in [0.2, 0.25) is 0 Å². The van der Waals surface area contributed by atoms with Crippen LogP contribution in [0.1, 0.15) is 39.5 Å². The van der Waals surface area contributed by atoms with Crippen molar-refractivity contribution in [1.82, 2.24) is 4.90 Å². The van der Waals surface area contributed by atoms with Crippen LogP contribution >= 0.6 is 0 Å². The molecule has 0 spiro atoms. The van der Waals surface area contributed by atoms with E-state index in [9.17, 15) is 4.79 Å². The van der Waals surface area contributed by atoms with Gasteiger partial charge in [-0.1, -0.05) is 13.8 Å². The van der Waals surface area contributed by atoms with Gasteiger partial charge in [0.2, 0.25) is 5.91 Å². The summed E-state index contributed by atoms with van der Waals surface area (Å²) >= 11 is 0. The summed E-state index contributed by atoms with van der Waals surface area (Å²) < 4.78 is 0. The number of rotatable bonds is 2. The van der Waals surface area contributed by atoms with Crippen molar-refractivity contribution in [2.75, 3.05) is 6.54 Å². The topological polar surface area (TPSA) is 46.3 Å². The summed E-state index contributed by atoms with van der Waals surface area (Å²) in [6.07, 6.45) is 4.01. The normalized spacial score (nSPS) is 34.9. The largest absolute Gasteiger partial charge is 0.339 e. The van der Waals surface area contributed by atoms with Gasteiger partial charge in [-0.25, -0.2) is 0 Å². The monoisotopic (exact) mass is 210 g/mol. The van der Waals surface area contributed by atoms with Crippen LogP contribution in [0, 0.1) is 11.8 Å². The first-order chi connectivity index (χ1) is 7.06. The highest BCUT2D eigenvalue weighted by atomic mass is 16.2. The predicted molar refractivity (Wildman–Crippen MR) is 60.3 cm³/mol. The molecule has 1 saturated carbocycles. The van der Waals surface area contributed by atoms with Gasteiger partial charge < -0.3 is 10.6 Å². The van der Waals surface area contributed by atoms with Crippen LogP contribution in [-0.4, -0.2) is 29.4 Å². The molecule has 0 aromatic carbocycles. The summed E-state index contributed by atoms with van der Waals surface area (Å²) in [4.78, 5) is 14.1. The minimum absolute atomic E-state index is 0.325. The van der Waals surface area contributed by atoms with Crippen molar-refractivity contribution < 1.29 is 4.79 Å². The highest BCUT2D eigenvalue weighted by Gasteiger charge is 2.40. The Kier molecular flexibility index (Phi) is 3.01. The second-order valence-electron chi connectivity index (χ2n) is 5.63. The van der Waals surface area contributed by atoms with Crippen LogP contribution in [-0.2, 0) is 4.79 Å². The Bertz CT molecular complexity index is 252. The lowest BCUT2D eigenvalue weighted by atomic mass is 9.87. The molecule has 3 heteroatoms. The van der Waals surface area contributed by atoms with Gasteiger partial charge in [0.15, 0.2) is 0 Å². The zero-order chi connectivity index (χ0) is 11.0. The fourth-order valence-electron chi connectivity index (χ4n) is 3.05. The van der Waals surface area contributed by atoms with Gasteiger partial charge in [-0.2, -0.15) is 0 Å². The molecule has 3 unspecified atom stereocenters. The molecule has 2 rings (SSSR count). The third kappa shape index (κ3) is 2.33. The van der Waals surface area contributed by atoms with Gasteiger partial charge in [-0.3, -0.25) is 4.79 Å². The van der Waals surface area contributed by atoms with Crippen LogP contribution in [0.5, 0.6) is 0 Å². The number of amides is 1. The number of likely N-dealkylation sites (tertiary alicyclic amines) is 1. The van der Waals surface area contributed by atoms with Gasteiger partial charge in [0, 0.05) is 25.0 Å². The SMILES string of the molecule is CC(C)CC(=O)N1CC2CC(N)CC1C2. The van der Waals surface area contributed by atoms with E-state index in [4.69, 9.17) is 5.73 Å². The average Bonchev–Trinajstić information content (AvgIpc) is 2.40. The molecule has 2 fully saturated rings. The molecule has 1 amide bonds. The van der Waals surface area contributed by atoms with Gasteiger partial charge in [-0.15, -0.1) is 0 Å². The molecule has 3 nitrogen and oxygen atoms in total. The second-order valence-corrected chi connectivity index (χ2v) is 5.63. The van der Waals surface area contributed by atoms with Crippen LogP contribution in [0.4, 0.5) is 0 Å². The molecule has 3 atom stereocenters. The van der Waals surface area contributed by atoms with E-state index in [2.05, 4.69) is 18.7 Å². The van der Waals surface area contributed by atoms with Gasteiger partial charge in [0.1, 0.15) is 0 Å². The lowest BCUT2D eigenvalue weighted by Gasteiger charge is -2.27. The van der Waals surface area contributed by atoms with E-state index in [-0.39, 0.29) is 0 Å². The quantitative estimate of drug-likeness (QED) is 0.748. The summed E-state index contributed by atoms with van der Waals surface area (Å²) in [6, 6.07) is 0.774. The summed E-state index contributed by atoms with van der Waals surface area (Å²) in [5.74, 6) is 1.48. The Hall–Kier alpha value is -0.570. The fraction of sp³-hybridized carbons (Fsp3) is 0.917. The molecule has 2 bridgehead atoms. The molecule has 0 aromatic heterocycles. The summed E-state index contributed by atoms with van der Waals surface area (Å²) in [6.45, 7) is 5.17. The van der Waals surface area contributed by atoms with E-state index in [1.54, 1.807) is 0 Å². The van der Waals surface area contributed by atoms with Crippen molar-refractivity contribution in [2.45, 2.75) is 51.6 Å². The van der Waals surface area contributed by atoms with Crippen LogP contribution < -0.4 is 5.73 Å². The van der Waals surface area contributed by atoms with Crippen molar-refractivity contribution in [2.24, 2.45) is 17.6 Å². The summed E-state index contributed by atoms with van der Waals surface area (Å²) in [5.41, 5.74) is 5.98. The molecule has 1 heterocycles. The van der Waals surface area contributed by atoms with E-state index in [0.717, 1.165) is 19.4 Å². The lowest BCUT2D eigenvalue weighted by Crippen LogP contribution is -2.39. The predicted octanol–water partition coefficient (Wildman–Crippen LogP) is 1.37. The lowest BCUT2D eigenvalue weighted by molar-refractivity contribution is -0.132. The second kappa shape index (κ2) is 4.12. The van der Waals surface area contributed by atoms with Crippen LogP contribution in [0.25, 0.3) is 0 Å². The Morgan fingerprint density at radius 3 is 2.80 bits per heavy atom. The molecule has 1 aliphatic heterocycles. The molecule has 1 aliphatic carbocycles. The highest BCUT2D eigenvalue weighted by molar-refractivity contribution is 5.77.